The van der Waals surface area contributed by atoms with E-state index in [4.69, 9.17) is 0 Å². The minimum atomic E-state index is -1.30. The van der Waals surface area contributed by atoms with Gasteiger partial charge in [-0.15, -0.1) is 4.79 Å². The smallest absolute Gasteiger partial charge is 0.357 e. The second-order valence-corrected chi connectivity index (χ2v) is 10.4. The third kappa shape index (κ3) is 5.42. The summed E-state index contributed by atoms with van der Waals surface area (Å²) in [6.07, 6.45) is 0. The maximum Gasteiger partial charge on any atom is 0.431 e. The maximum absolute atomic E-state index is 9.82. The fraction of sp³-hybridized carbons (Fsp3) is 0.941. The van der Waals surface area contributed by atoms with E-state index >= 15 is 0 Å². The Bertz CT molecular complexity index is 354. The highest BCUT2D eigenvalue weighted by Crippen LogP contribution is 2.54. The average Bonchev–Trinajstić information content (AvgIpc) is 2.25. The summed E-state index contributed by atoms with van der Waals surface area (Å²) in [5, 5.41) is 0. The summed E-state index contributed by atoms with van der Waals surface area (Å²) in [7, 11) is -1.30. The van der Waals surface area contributed by atoms with Crippen molar-refractivity contribution in [3.8, 4) is 0 Å². The van der Waals surface area contributed by atoms with Crippen molar-refractivity contribution in [1.82, 2.24) is 9.34 Å². The van der Waals surface area contributed by atoms with Crippen LogP contribution >= 0.6 is 8.22 Å². The van der Waals surface area contributed by atoms with E-state index in [1.54, 1.807) is 0 Å². The molecule has 0 spiro atoms. The summed E-state index contributed by atoms with van der Waals surface area (Å²) in [6, 6.07) is 1.64. The maximum atomic E-state index is 9.82. The van der Waals surface area contributed by atoms with Crippen LogP contribution in [0.2, 0.25) is 0 Å². The first-order chi connectivity index (χ1) is 9.86. The van der Waals surface area contributed by atoms with Crippen molar-refractivity contribution >= 4 is 13.7 Å². The van der Waals surface area contributed by atoms with Crippen LogP contribution in [-0.4, -0.2) is 43.8 Å². The SMILES string of the molecule is CC(C)N(C(C)C)[PH+](C(=[N+]=[N-])C(C)(C)C)N(C(C)C)C(C)C. The predicted octanol–water partition coefficient (Wildman–Crippen LogP) is 4.94. The van der Waals surface area contributed by atoms with Gasteiger partial charge in [-0.2, -0.15) is 9.34 Å². The van der Waals surface area contributed by atoms with E-state index in [1.807, 2.05) is 0 Å². The van der Waals surface area contributed by atoms with Crippen LogP contribution in [0, 0.1) is 5.41 Å². The van der Waals surface area contributed by atoms with Gasteiger partial charge in [0.05, 0.1) is 0 Å². The molecule has 0 unspecified atom stereocenters. The Morgan fingerprint density at radius 3 is 1.18 bits per heavy atom. The van der Waals surface area contributed by atoms with Gasteiger partial charge >= 0.3 is 5.45 Å². The van der Waals surface area contributed by atoms with Gasteiger partial charge in [0.15, 0.2) is 0 Å². The Hall–Kier alpha value is -0.270. The van der Waals surface area contributed by atoms with Crippen LogP contribution in [0.5, 0.6) is 0 Å². The first kappa shape index (κ1) is 21.7. The summed E-state index contributed by atoms with van der Waals surface area (Å²) in [5.74, 6) is 0. The van der Waals surface area contributed by atoms with Crippen molar-refractivity contribution in [3.05, 3.63) is 5.53 Å². The van der Waals surface area contributed by atoms with Crippen molar-refractivity contribution < 1.29 is 4.79 Å². The van der Waals surface area contributed by atoms with Crippen molar-refractivity contribution in [2.24, 2.45) is 5.41 Å². The molecule has 0 radical (unpaired) electrons. The number of hydrogen-bond acceptors (Lipinski definition) is 2. The van der Waals surface area contributed by atoms with E-state index in [0.29, 0.717) is 24.2 Å². The van der Waals surface area contributed by atoms with Crippen LogP contribution in [0.25, 0.3) is 5.53 Å². The lowest BCUT2D eigenvalue weighted by Crippen LogP contribution is -2.46. The van der Waals surface area contributed by atoms with Gasteiger partial charge in [0.2, 0.25) is 0 Å². The third-order valence-corrected chi connectivity index (χ3v) is 8.05. The quantitative estimate of drug-likeness (QED) is 0.287. The van der Waals surface area contributed by atoms with Gasteiger partial charge in [0.1, 0.15) is 5.41 Å². The normalized spacial score (nSPS) is 13.4. The molecule has 0 aromatic rings. The summed E-state index contributed by atoms with van der Waals surface area (Å²) in [5.41, 5.74) is 10.6. The highest BCUT2D eigenvalue weighted by Gasteiger charge is 2.53. The first-order valence-corrected chi connectivity index (χ1v) is 9.92. The van der Waals surface area contributed by atoms with Crippen LogP contribution in [0.3, 0.4) is 0 Å². The largest absolute Gasteiger partial charge is 0.431 e. The van der Waals surface area contributed by atoms with E-state index in [2.05, 4.69) is 90.3 Å². The molecule has 0 bridgehead atoms. The van der Waals surface area contributed by atoms with Gasteiger partial charge in [-0.1, -0.05) is 0 Å². The zero-order valence-electron chi connectivity index (χ0n) is 16.6. The molecule has 22 heavy (non-hydrogen) atoms. The Labute approximate surface area is 139 Å². The molecule has 0 saturated heterocycles. The fourth-order valence-corrected chi connectivity index (χ4v) is 6.55. The Balaban J connectivity index is 6.24. The molecule has 0 aromatic heterocycles. The van der Waals surface area contributed by atoms with E-state index in [0.717, 1.165) is 5.45 Å². The number of hydrogen-bond donors (Lipinski definition) is 0. The van der Waals surface area contributed by atoms with E-state index in [9.17, 15) is 5.53 Å². The summed E-state index contributed by atoms with van der Waals surface area (Å²) in [6.45, 7) is 24.3. The number of nitrogens with zero attached hydrogens (tertiary/aromatic N) is 4. The highest BCUT2D eigenvalue weighted by atomic mass is 31.1. The molecule has 5 heteroatoms. The van der Waals surface area contributed by atoms with Crippen LogP contribution in [0.1, 0.15) is 76.2 Å². The standard InChI is InChI=1S/C17H37N4P/c1-12(2)20(13(3)4)22(16(19-18)17(9,10)11)21(14(5)6)15(7)8/h12-15H,1-11H3/p+1. The van der Waals surface area contributed by atoms with Crippen molar-refractivity contribution in [1.29, 1.82) is 0 Å². The molecule has 0 atom stereocenters. The highest BCUT2D eigenvalue weighted by molar-refractivity contribution is 7.70. The second-order valence-electron chi connectivity index (χ2n) is 8.21. The molecule has 0 aromatic carbocycles. The summed E-state index contributed by atoms with van der Waals surface area (Å²) >= 11 is 0. The van der Waals surface area contributed by atoms with E-state index in [1.165, 1.54) is 0 Å². The lowest BCUT2D eigenvalue weighted by Gasteiger charge is -2.39. The van der Waals surface area contributed by atoms with Crippen molar-refractivity contribution in [2.45, 2.75) is 100 Å². The molecule has 0 rings (SSSR count). The van der Waals surface area contributed by atoms with Gasteiger partial charge in [-0.3, -0.25) is 0 Å². The van der Waals surface area contributed by atoms with Crippen LogP contribution in [0.15, 0.2) is 0 Å². The molecule has 0 aliphatic heterocycles. The van der Waals surface area contributed by atoms with Gasteiger partial charge in [-0.05, 0) is 76.2 Å². The minimum absolute atomic E-state index is 0.146. The average molecular weight is 329 g/mol. The molecule has 0 N–H and O–H groups in total. The monoisotopic (exact) mass is 329 g/mol. The van der Waals surface area contributed by atoms with Crippen LogP contribution in [-0.2, 0) is 0 Å². The second kappa shape index (κ2) is 8.55. The zero-order chi connectivity index (χ0) is 17.8. The van der Waals surface area contributed by atoms with Crippen molar-refractivity contribution in [2.75, 3.05) is 0 Å². The zero-order valence-corrected chi connectivity index (χ0v) is 17.6. The third-order valence-electron chi connectivity index (χ3n) is 3.74. The van der Waals surface area contributed by atoms with Crippen LogP contribution in [0.4, 0.5) is 0 Å². The van der Waals surface area contributed by atoms with Crippen LogP contribution < -0.4 is 0 Å². The molecule has 130 valence electrons. The molecule has 0 aliphatic rings. The molecule has 0 saturated carbocycles. The molecular weight excluding hydrogens is 291 g/mol. The Morgan fingerprint density at radius 1 is 0.773 bits per heavy atom. The van der Waals surface area contributed by atoms with Gasteiger partial charge in [0.25, 0.3) is 8.22 Å². The lowest BCUT2D eigenvalue weighted by molar-refractivity contribution is -0.0128. The van der Waals surface area contributed by atoms with Gasteiger partial charge in [0, 0.05) is 24.2 Å². The predicted molar refractivity (Wildman–Crippen MR) is 101 cm³/mol. The molecule has 4 nitrogen and oxygen atoms in total. The molecule has 0 heterocycles. The summed E-state index contributed by atoms with van der Waals surface area (Å²) < 4.78 is 5.09. The minimum Gasteiger partial charge on any atom is -0.357 e. The fourth-order valence-electron chi connectivity index (χ4n) is 3.08. The summed E-state index contributed by atoms with van der Waals surface area (Å²) in [4.78, 5) is 3.81. The molecule has 0 fully saturated rings. The Kier molecular flexibility index (Phi) is 8.44. The van der Waals surface area contributed by atoms with E-state index in [-0.39, 0.29) is 5.41 Å². The number of rotatable bonds is 7. The van der Waals surface area contributed by atoms with Gasteiger partial charge in [-0.25, -0.2) is 0 Å². The topological polar surface area (TPSA) is 42.9 Å². The first-order valence-electron chi connectivity index (χ1n) is 8.52. The Morgan fingerprint density at radius 2 is 1.05 bits per heavy atom. The van der Waals surface area contributed by atoms with E-state index < -0.39 is 8.22 Å². The van der Waals surface area contributed by atoms with Gasteiger partial charge < -0.3 is 5.53 Å². The molecule has 0 aliphatic carbocycles. The lowest BCUT2D eigenvalue weighted by atomic mass is 9.99. The molecular formula is C17H38N4P+. The van der Waals surface area contributed by atoms with Crippen molar-refractivity contribution in [3.63, 3.8) is 0 Å². The molecule has 0 amide bonds.